The van der Waals surface area contributed by atoms with Crippen LogP contribution in [-0.4, -0.2) is 52.0 Å². The van der Waals surface area contributed by atoms with E-state index in [4.69, 9.17) is 15.2 Å². The number of benzene rings is 1. The van der Waals surface area contributed by atoms with Crippen molar-refractivity contribution in [2.75, 3.05) is 35.8 Å². The van der Waals surface area contributed by atoms with Crippen molar-refractivity contribution in [1.29, 1.82) is 0 Å². The predicted octanol–water partition coefficient (Wildman–Crippen LogP) is 3.43. The molecule has 0 spiro atoms. The number of hydrogen-bond donors (Lipinski definition) is 3. The second-order valence-corrected chi connectivity index (χ2v) is 7.28. The molecule has 12 heteroatoms. The zero-order valence-corrected chi connectivity index (χ0v) is 19.6. The first-order valence-electron chi connectivity index (χ1n) is 10.9. The van der Waals surface area contributed by atoms with Crippen molar-refractivity contribution >= 4 is 29.4 Å². The third-order valence-corrected chi connectivity index (χ3v) is 4.70. The van der Waals surface area contributed by atoms with Gasteiger partial charge in [0, 0.05) is 0 Å². The lowest BCUT2D eigenvalue weighted by Crippen LogP contribution is -2.33. The molecule has 0 bridgehead atoms. The summed E-state index contributed by atoms with van der Waals surface area (Å²) in [5.41, 5.74) is 5.86. The molecule has 0 aliphatic carbocycles. The van der Waals surface area contributed by atoms with Crippen molar-refractivity contribution < 1.29 is 24.3 Å². The number of nitrogens with zero attached hydrogens (tertiary/aromatic N) is 4. The number of aliphatic hydroxyl groups excluding tert-OH is 1. The van der Waals surface area contributed by atoms with E-state index in [1.165, 1.54) is 0 Å². The molecule has 1 aromatic heterocycles. The Morgan fingerprint density at radius 1 is 1.37 bits per heavy atom. The minimum atomic E-state index is -0.859. The second-order valence-electron chi connectivity index (χ2n) is 7.28. The summed E-state index contributed by atoms with van der Waals surface area (Å²) in [6.07, 6.45) is 3.54. The Hall–Kier alpha value is -4.19. The summed E-state index contributed by atoms with van der Waals surface area (Å²) in [6, 6.07) is 6.39. The Balaban J connectivity index is 2.53. The zero-order valence-electron chi connectivity index (χ0n) is 19.6. The molecule has 1 heterocycles. The molecule has 0 saturated carbocycles. The van der Waals surface area contributed by atoms with Crippen LogP contribution in [0.5, 0.6) is 5.75 Å². The standard InChI is InChI=1S/C23H30N6O6/c1-4-7-10-17(15-30)25-22-26-20(24)19(29(32)33)21(27-22)28(23(31)34-6-3)14-16-9-8-11-18(13-16)35-12-5-2/h4-5,8-9,11,13,17,30H,1-2,6-7,10,12,14-15H2,3H3,(H3,24,25,26,27). The molecule has 2 aromatic rings. The molecule has 35 heavy (non-hydrogen) atoms. The van der Waals surface area contributed by atoms with Crippen LogP contribution in [0.2, 0.25) is 0 Å². The first-order chi connectivity index (χ1) is 16.8. The van der Waals surface area contributed by atoms with E-state index in [0.717, 1.165) is 4.90 Å². The molecule has 0 fully saturated rings. The SMILES string of the molecule is C=CCCC(CO)Nc1nc(N)c([N+](=O)[O-])c(N(Cc2cccc(OCC=C)c2)C(=O)OCC)n1. The number of aliphatic hydroxyl groups is 1. The normalized spacial score (nSPS) is 11.3. The first-order valence-corrected chi connectivity index (χ1v) is 10.9. The predicted molar refractivity (Wildman–Crippen MR) is 132 cm³/mol. The van der Waals surface area contributed by atoms with Crippen LogP contribution in [0, 0.1) is 10.1 Å². The fourth-order valence-electron chi connectivity index (χ4n) is 3.10. The second kappa shape index (κ2) is 13.5. The number of amides is 1. The first kappa shape index (κ1) is 27.1. The fraction of sp³-hybridized carbons (Fsp3) is 0.348. The van der Waals surface area contributed by atoms with Gasteiger partial charge in [-0.2, -0.15) is 9.97 Å². The van der Waals surface area contributed by atoms with Crippen LogP contribution in [0.3, 0.4) is 0 Å². The van der Waals surface area contributed by atoms with Crippen LogP contribution in [0.25, 0.3) is 0 Å². The monoisotopic (exact) mass is 486 g/mol. The molecule has 0 aliphatic heterocycles. The van der Waals surface area contributed by atoms with Gasteiger partial charge in [0.1, 0.15) is 12.4 Å². The molecule has 0 aliphatic rings. The summed E-state index contributed by atoms with van der Waals surface area (Å²) in [5, 5.41) is 24.4. The maximum absolute atomic E-state index is 12.9. The molecular formula is C23H30N6O6. The third-order valence-electron chi connectivity index (χ3n) is 4.70. The average molecular weight is 487 g/mol. The molecule has 188 valence electrons. The van der Waals surface area contributed by atoms with Gasteiger partial charge in [0.2, 0.25) is 17.6 Å². The number of hydrogen-bond acceptors (Lipinski definition) is 10. The number of allylic oxidation sites excluding steroid dienone is 1. The summed E-state index contributed by atoms with van der Waals surface area (Å²) >= 11 is 0. The van der Waals surface area contributed by atoms with Crippen molar-refractivity contribution in [1.82, 2.24) is 9.97 Å². The Labute approximate surface area is 203 Å². The van der Waals surface area contributed by atoms with E-state index < -0.39 is 28.6 Å². The van der Waals surface area contributed by atoms with E-state index in [1.807, 2.05) is 0 Å². The van der Waals surface area contributed by atoms with Crippen LogP contribution in [0.1, 0.15) is 25.3 Å². The van der Waals surface area contributed by atoms with Crippen molar-refractivity contribution in [3.8, 4) is 5.75 Å². The van der Waals surface area contributed by atoms with E-state index in [2.05, 4.69) is 28.4 Å². The van der Waals surface area contributed by atoms with Crippen LogP contribution in [0.15, 0.2) is 49.6 Å². The molecule has 1 atom stereocenters. The molecule has 4 N–H and O–H groups in total. The highest BCUT2D eigenvalue weighted by molar-refractivity contribution is 5.91. The zero-order chi connectivity index (χ0) is 25.8. The van der Waals surface area contributed by atoms with Gasteiger partial charge in [-0.1, -0.05) is 30.9 Å². The summed E-state index contributed by atoms with van der Waals surface area (Å²) in [5.74, 6) is -0.344. The lowest BCUT2D eigenvalue weighted by molar-refractivity contribution is -0.383. The number of nitrogens with one attached hydrogen (secondary N) is 1. The average Bonchev–Trinajstić information content (AvgIpc) is 2.83. The van der Waals surface area contributed by atoms with Crippen LogP contribution < -0.4 is 20.7 Å². The van der Waals surface area contributed by atoms with Gasteiger partial charge in [0.15, 0.2) is 0 Å². The molecule has 0 saturated heterocycles. The lowest BCUT2D eigenvalue weighted by Gasteiger charge is -2.23. The molecule has 1 unspecified atom stereocenters. The smallest absolute Gasteiger partial charge is 0.415 e. The molecule has 2 rings (SSSR count). The summed E-state index contributed by atoms with van der Waals surface area (Å²) in [4.78, 5) is 33.2. The number of aromatic nitrogens is 2. The van der Waals surface area contributed by atoms with Gasteiger partial charge in [-0.3, -0.25) is 15.0 Å². The highest BCUT2D eigenvalue weighted by Gasteiger charge is 2.32. The number of carbonyl (C=O) groups is 1. The van der Waals surface area contributed by atoms with Gasteiger partial charge in [-0.15, -0.1) is 6.58 Å². The summed E-state index contributed by atoms with van der Waals surface area (Å²) < 4.78 is 10.7. The third kappa shape index (κ3) is 7.67. The van der Waals surface area contributed by atoms with Crippen LogP contribution in [0.4, 0.5) is 28.1 Å². The van der Waals surface area contributed by atoms with Crippen molar-refractivity contribution in [2.45, 2.75) is 32.4 Å². The van der Waals surface area contributed by atoms with Crippen LogP contribution in [-0.2, 0) is 11.3 Å². The number of rotatable bonds is 14. The van der Waals surface area contributed by atoms with Gasteiger partial charge < -0.3 is 25.6 Å². The van der Waals surface area contributed by atoms with E-state index in [9.17, 15) is 20.0 Å². The maximum atomic E-state index is 12.9. The number of nitrogen functional groups attached to an aromatic ring is 1. The van der Waals surface area contributed by atoms with E-state index in [1.54, 1.807) is 43.3 Å². The summed E-state index contributed by atoms with van der Waals surface area (Å²) in [6.45, 7) is 8.81. The number of anilines is 3. The highest BCUT2D eigenvalue weighted by atomic mass is 16.6. The topological polar surface area (TPSA) is 166 Å². The number of nitrogens with two attached hydrogens (primary N) is 1. The summed E-state index contributed by atoms with van der Waals surface area (Å²) in [7, 11) is 0. The number of carbonyl (C=O) groups excluding carboxylic acids is 1. The Morgan fingerprint density at radius 3 is 2.77 bits per heavy atom. The van der Waals surface area contributed by atoms with Crippen LogP contribution >= 0.6 is 0 Å². The molecule has 0 radical (unpaired) electrons. The van der Waals surface area contributed by atoms with E-state index in [0.29, 0.717) is 24.2 Å². The van der Waals surface area contributed by atoms with Crippen molar-refractivity contribution in [3.05, 3.63) is 65.3 Å². The van der Waals surface area contributed by atoms with Gasteiger partial charge in [0.25, 0.3) is 0 Å². The Bertz CT molecular complexity index is 1050. The van der Waals surface area contributed by atoms with Gasteiger partial charge in [0.05, 0.1) is 30.7 Å². The van der Waals surface area contributed by atoms with Crippen molar-refractivity contribution in [3.63, 3.8) is 0 Å². The molecule has 12 nitrogen and oxygen atoms in total. The Kier molecular flexibility index (Phi) is 10.4. The highest BCUT2D eigenvalue weighted by Crippen LogP contribution is 2.34. The quantitative estimate of drug-likeness (QED) is 0.204. The Morgan fingerprint density at radius 2 is 2.14 bits per heavy atom. The molecule has 1 aromatic carbocycles. The number of nitro groups is 1. The fourth-order valence-corrected chi connectivity index (χ4v) is 3.10. The van der Waals surface area contributed by atoms with Gasteiger partial charge >= 0.3 is 11.8 Å². The minimum absolute atomic E-state index is 0.0332. The molecule has 1 amide bonds. The van der Waals surface area contributed by atoms with Gasteiger partial charge in [-0.25, -0.2) is 4.79 Å². The lowest BCUT2D eigenvalue weighted by atomic mass is 10.1. The molecular weight excluding hydrogens is 456 g/mol. The van der Waals surface area contributed by atoms with Gasteiger partial charge in [-0.05, 0) is 37.5 Å². The maximum Gasteiger partial charge on any atom is 0.415 e. The van der Waals surface area contributed by atoms with Crippen molar-refractivity contribution in [2.24, 2.45) is 0 Å². The minimum Gasteiger partial charge on any atom is -0.490 e. The van der Waals surface area contributed by atoms with E-state index in [-0.39, 0.29) is 38.1 Å². The number of ether oxygens (including phenoxy) is 2. The largest absolute Gasteiger partial charge is 0.490 e. The van der Waals surface area contributed by atoms with E-state index >= 15 is 0 Å².